The van der Waals surface area contributed by atoms with Crippen LogP contribution >= 0.6 is 0 Å². The summed E-state index contributed by atoms with van der Waals surface area (Å²) in [6.07, 6.45) is 1.78. The Balaban J connectivity index is 1.60. The van der Waals surface area contributed by atoms with Crippen LogP contribution in [0.3, 0.4) is 0 Å². The topological polar surface area (TPSA) is 140 Å². The van der Waals surface area contributed by atoms with Gasteiger partial charge in [0.15, 0.2) is 0 Å². The molecule has 0 aliphatic carbocycles. The van der Waals surface area contributed by atoms with E-state index in [1.54, 1.807) is 24.3 Å². The number of anilines is 2. The van der Waals surface area contributed by atoms with Crippen molar-refractivity contribution in [3.05, 3.63) is 60.7 Å². The highest BCUT2D eigenvalue weighted by molar-refractivity contribution is 5.90. The molecule has 0 radical (unpaired) electrons. The van der Waals surface area contributed by atoms with Gasteiger partial charge < -0.3 is 31.9 Å². The van der Waals surface area contributed by atoms with Crippen LogP contribution in [-0.2, 0) is 9.59 Å². The van der Waals surface area contributed by atoms with Gasteiger partial charge in [0.1, 0.15) is 0 Å². The first-order chi connectivity index (χ1) is 17.0. The number of hydrogen-bond donors (Lipinski definition) is 6. The van der Waals surface area contributed by atoms with Gasteiger partial charge >= 0.3 is 12.1 Å². The van der Waals surface area contributed by atoms with Gasteiger partial charge in [0.2, 0.25) is 11.8 Å². The summed E-state index contributed by atoms with van der Waals surface area (Å²) >= 11 is 0. The third kappa shape index (κ3) is 12.1. The number of nitrogens with one attached hydrogen (secondary N) is 6. The van der Waals surface area contributed by atoms with Crippen molar-refractivity contribution >= 4 is 35.3 Å². The molecule has 0 fully saturated rings. The van der Waals surface area contributed by atoms with Crippen molar-refractivity contribution in [2.24, 2.45) is 0 Å². The van der Waals surface area contributed by atoms with E-state index in [1.165, 1.54) is 0 Å². The van der Waals surface area contributed by atoms with E-state index in [0.29, 0.717) is 17.8 Å². The van der Waals surface area contributed by atoms with Gasteiger partial charge in [-0.05, 0) is 30.7 Å². The van der Waals surface area contributed by atoms with Crippen molar-refractivity contribution in [1.29, 1.82) is 0 Å². The van der Waals surface area contributed by atoms with Gasteiger partial charge in [0, 0.05) is 49.9 Å². The van der Waals surface area contributed by atoms with Crippen LogP contribution in [0.1, 0.15) is 32.6 Å². The van der Waals surface area contributed by atoms with E-state index < -0.39 is 0 Å². The lowest BCUT2D eigenvalue weighted by Crippen LogP contribution is -2.45. The standard InChI is InChI=1S/C25H34N6O4/c1-2-9-21(29-23(33)15-17-27-25(35)31-20-12-7-4-8-13-20)18-28-22(32)14-16-26-24(34)30-19-10-5-3-6-11-19/h3-8,10-13,21H,2,9,14-18H2,1H3,(H,28,32)(H,29,33)(H2,26,30,34)(H2,27,31,35). The molecule has 10 heteroatoms. The van der Waals surface area contributed by atoms with Crippen LogP contribution in [0.25, 0.3) is 0 Å². The van der Waals surface area contributed by atoms with Gasteiger partial charge in [0.25, 0.3) is 0 Å². The molecule has 2 aromatic rings. The van der Waals surface area contributed by atoms with Gasteiger partial charge in [-0.25, -0.2) is 9.59 Å². The molecule has 188 valence electrons. The first-order valence-corrected chi connectivity index (χ1v) is 11.7. The van der Waals surface area contributed by atoms with Gasteiger partial charge in [-0.2, -0.15) is 0 Å². The Labute approximate surface area is 205 Å². The lowest BCUT2D eigenvalue weighted by molar-refractivity contribution is -0.123. The molecule has 0 spiro atoms. The summed E-state index contributed by atoms with van der Waals surface area (Å²) in [5.74, 6) is -0.434. The van der Waals surface area contributed by atoms with Crippen molar-refractivity contribution < 1.29 is 19.2 Å². The van der Waals surface area contributed by atoms with Crippen LogP contribution < -0.4 is 31.9 Å². The number of urea groups is 2. The molecular formula is C25H34N6O4. The molecule has 0 heterocycles. The number of para-hydroxylation sites is 2. The zero-order valence-corrected chi connectivity index (χ0v) is 19.9. The summed E-state index contributed by atoms with van der Waals surface area (Å²) in [5, 5.41) is 16.3. The second-order valence-corrected chi connectivity index (χ2v) is 7.85. The lowest BCUT2D eigenvalue weighted by atomic mass is 10.1. The SMILES string of the molecule is CCCC(CNC(=O)CCNC(=O)Nc1ccccc1)NC(=O)CCNC(=O)Nc1ccccc1. The minimum absolute atomic E-state index is 0.120. The second-order valence-electron chi connectivity index (χ2n) is 7.85. The minimum atomic E-state index is -0.383. The molecule has 1 atom stereocenters. The number of amides is 6. The monoisotopic (exact) mass is 482 g/mol. The summed E-state index contributed by atoms with van der Waals surface area (Å²) < 4.78 is 0. The summed E-state index contributed by atoms with van der Waals surface area (Å²) in [6.45, 7) is 2.65. The molecule has 0 aliphatic rings. The van der Waals surface area contributed by atoms with Crippen LogP contribution in [0.2, 0.25) is 0 Å². The van der Waals surface area contributed by atoms with Gasteiger partial charge in [0.05, 0.1) is 0 Å². The smallest absolute Gasteiger partial charge is 0.319 e. The molecular weight excluding hydrogens is 448 g/mol. The fourth-order valence-electron chi connectivity index (χ4n) is 3.17. The molecule has 0 aliphatic heterocycles. The van der Waals surface area contributed by atoms with Crippen molar-refractivity contribution in [1.82, 2.24) is 21.3 Å². The number of carbonyl (C=O) groups excluding carboxylic acids is 4. The van der Waals surface area contributed by atoms with E-state index >= 15 is 0 Å². The molecule has 0 saturated carbocycles. The zero-order chi connectivity index (χ0) is 25.3. The zero-order valence-electron chi connectivity index (χ0n) is 19.9. The van der Waals surface area contributed by atoms with Crippen LogP contribution in [0, 0.1) is 0 Å². The molecule has 0 aromatic heterocycles. The first kappa shape index (κ1) is 27.2. The summed E-state index contributed by atoms with van der Waals surface area (Å²) in [6, 6.07) is 17.0. The lowest BCUT2D eigenvalue weighted by Gasteiger charge is -2.19. The van der Waals surface area contributed by atoms with Crippen molar-refractivity contribution in [2.45, 2.75) is 38.6 Å². The maximum atomic E-state index is 12.3. The van der Waals surface area contributed by atoms with Crippen LogP contribution in [0.5, 0.6) is 0 Å². The number of carbonyl (C=O) groups is 4. The van der Waals surface area contributed by atoms with Crippen molar-refractivity contribution in [3.8, 4) is 0 Å². The highest BCUT2D eigenvalue weighted by atomic mass is 16.2. The molecule has 6 N–H and O–H groups in total. The summed E-state index contributed by atoms with van der Waals surface area (Å²) in [5.41, 5.74) is 1.33. The average molecular weight is 483 g/mol. The van der Waals surface area contributed by atoms with Crippen LogP contribution in [-0.4, -0.2) is 49.6 Å². The average Bonchev–Trinajstić information content (AvgIpc) is 2.84. The highest BCUT2D eigenvalue weighted by Crippen LogP contribution is 2.05. The van der Waals surface area contributed by atoms with Crippen LogP contribution in [0.4, 0.5) is 21.0 Å². The Hall–Kier alpha value is -4.08. The predicted octanol–water partition coefficient (Wildman–Crippen LogP) is 2.81. The largest absolute Gasteiger partial charge is 0.354 e. The third-order valence-electron chi connectivity index (χ3n) is 4.89. The maximum Gasteiger partial charge on any atom is 0.319 e. The fourth-order valence-corrected chi connectivity index (χ4v) is 3.17. The third-order valence-corrected chi connectivity index (χ3v) is 4.89. The molecule has 2 rings (SSSR count). The molecule has 2 aromatic carbocycles. The van der Waals surface area contributed by atoms with Crippen molar-refractivity contribution in [2.75, 3.05) is 30.3 Å². The Kier molecular flexibility index (Phi) is 12.2. The van der Waals surface area contributed by atoms with Crippen molar-refractivity contribution in [3.63, 3.8) is 0 Å². The quantitative estimate of drug-likeness (QED) is 0.261. The Morgan fingerprint density at radius 3 is 1.66 bits per heavy atom. The number of rotatable bonds is 13. The first-order valence-electron chi connectivity index (χ1n) is 11.7. The minimum Gasteiger partial charge on any atom is -0.354 e. The molecule has 0 bridgehead atoms. The fraction of sp³-hybridized carbons (Fsp3) is 0.360. The molecule has 10 nitrogen and oxygen atoms in total. The molecule has 1 unspecified atom stereocenters. The Morgan fingerprint density at radius 2 is 1.17 bits per heavy atom. The Morgan fingerprint density at radius 1 is 0.686 bits per heavy atom. The molecule has 0 saturated heterocycles. The molecule has 35 heavy (non-hydrogen) atoms. The van der Waals surface area contributed by atoms with E-state index in [2.05, 4.69) is 31.9 Å². The summed E-state index contributed by atoms with van der Waals surface area (Å²) in [7, 11) is 0. The highest BCUT2D eigenvalue weighted by Gasteiger charge is 2.13. The van der Waals surface area contributed by atoms with E-state index in [9.17, 15) is 19.2 Å². The molecule has 6 amide bonds. The normalized spacial score (nSPS) is 11.0. The second kappa shape index (κ2) is 15.7. The predicted molar refractivity (Wildman–Crippen MR) is 136 cm³/mol. The van der Waals surface area contributed by atoms with E-state index in [0.717, 1.165) is 6.42 Å². The van der Waals surface area contributed by atoms with E-state index in [-0.39, 0.29) is 62.4 Å². The number of benzene rings is 2. The maximum absolute atomic E-state index is 12.3. The van der Waals surface area contributed by atoms with Gasteiger partial charge in [-0.1, -0.05) is 49.7 Å². The Bertz CT molecular complexity index is 939. The summed E-state index contributed by atoms with van der Waals surface area (Å²) in [4.78, 5) is 48.1. The number of hydrogen-bond acceptors (Lipinski definition) is 4. The van der Waals surface area contributed by atoms with Gasteiger partial charge in [-0.15, -0.1) is 0 Å². The van der Waals surface area contributed by atoms with E-state index in [1.807, 2.05) is 43.3 Å². The van der Waals surface area contributed by atoms with Crippen LogP contribution in [0.15, 0.2) is 60.7 Å². The van der Waals surface area contributed by atoms with Gasteiger partial charge in [-0.3, -0.25) is 9.59 Å². The van der Waals surface area contributed by atoms with E-state index in [4.69, 9.17) is 0 Å².